The molecule has 26 heavy (non-hydrogen) atoms. The number of rotatable bonds is 11. The van der Waals surface area contributed by atoms with E-state index in [-0.39, 0.29) is 23.7 Å². The van der Waals surface area contributed by atoms with E-state index in [0.29, 0.717) is 19.6 Å². The summed E-state index contributed by atoms with van der Waals surface area (Å²) in [6, 6.07) is 2.03. The van der Waals surface area contributed by atoms with Gasteiger partial charge in [0, 0.05) is 30.7 Å². The molecule has 0 spiro atoms. The maximum atomic E-state index is 12.5. The van der Waals surface area contributed by atoms with Crippen molar-refractivity contribution in [1.82, 2.24) is 0 Å². The molecule has 1 aromatic carbocycles. The number of hydrogen-bond acceptors (Lipinski definition) is 6. The van der Waals surface area contributed by atoms with Crippen LogP contribution in [-0.4, -0.2) is 40.0 Å². The van der Waals surface area contributed by atoms with E-state index in [1.54, 1.807) is 0 Å². The second-order valence-corrected chi connectivity index (χ2v) is 7.07. The molecular weight excluding hydrogens is 401 g/mol. The van der Waals surface area contributed by atoms with Gasteiger partial charge in [0.15, 0.2) is 17.8 Å². The topological polar surface area (TPSA) is 78.9 Å². The van der Waals surface area contributed by atoms with E-state index in [0.717, 1.165) is 25.0 Å². The van der Waals surface area contributed by atoms with Gasteiger partial charge in [-0.25, -0.2) is 0 Å². The molecule has 0 aliphatic heterocycles. The van der Waals surface area contributed by atoms with Gasteiger partial charge in [0.05, 0.1) is 12.2 Å². The SMILES string of the molecule is CCCCOCCCOc1cc(Cl)cc(C=O)c1OS(=O)(=O)C(F)(F)F. The quantitative estimate of drug-likeness (QED) is 0.234. The van der Waals surface area contributed by atoms with Crippen molar-refractivity contribution in [3.8, 4) is 11.5 Å². The van der Waals surface area contributed by atoms with Crippen LogP contribution in [0.1, 0.15) is 36.5 Å². The Morgan fingerprint density at radius 3 is 2.38 bits per heavy atom. The molecule has 0 amide bonds. The smallest absolute Gasteiger partial charge is 0.489 e. The first-order valence-corrected chi connectivity index (χ1v) is 9.41. The van der Waals surface area contributed by atoms with E-state index < -0.39 is 26.9 Å². The van der Waals surface area contributed by atoms with Crippen molar-refractivity contribution in [3.05, 3.63) is 22.7 Å². The van der Waals surface area contributed by atoms with E-state index in [9.17, 15) is 26.4 Å². The number of halogens is 4. The molecular formula is C15H18ClF3O6S. The lowest BCUT2D eigenvalue weighted by atomic mass is 10.2. The number of hydrogen-bond donors (Lipinski definition) is 0. The fourth-order valence-corrected chi connectivity index (χ4v) is 2.43. The molecule has 0 unspecified atom stereocenters. The van der Waals surface area contributed by atoms with Crippen LogP contribution in [0.5, 0.6) is 11.5 Å². The van der Waals surface area contributed by atoms with Crippen LogP contribution in [0.3, 0.4) is 0 Å². The molecule has 0 aliphatic carbocycles. The van der Waals surface area contributed by atoms with Gasteiger partial charge < -0.3 is 13.7 Å². The summed E-state index contributed by atoms with van der Waals surface area (Å²) in [6.07, 6.45) is 2.37. The van der Waals surface area contributed by atoms with Crippen molar-refractivity contribution in [2.24, 2.45) is 0 Å². The monoisotopic (exact) mass is 418 g/mol. The average molecular weight is 419 g/mol. The van der Waals surface area contributed by atoms with E-state index >= 15 is 0 Å². The summed E-state index contributed by atoms with van der Waals surface area (Å²) >= 11 is 5.77. The van der Waals surface area contributed by atoms with Gasteiger partial charge in [-0.1, -0.05) is 24.9 Å². The van der Waals surface area contributed by atoms with E-state index in [4.69, 9.17) is 21.1 Å². The molecule has 0 aromatic heterocycles. The summed E-state index contributed by atoms with van der Waals surface area (Å²) in [5, 5.41) is -0.0296. The largest absolute Gasteiger partial charge is 0.534 e. The molecule has 148 valence electrons. The predicted molar refractivity (Wildman–Crippen MR) is 88.3 cm³/mol. The number of alkyl halides is 3. The number of carbonyl (C=O) groups is 1. The molecule has 0 heterocycles. The molecule has 6 nitrogen and oxygen atoms in total. The van der Waals surface area contributed by atoms with Crippen LogP contribution >= 0.6 is 11.6 Å². The lowest BCUT2D eigenvalue weighted by Crippen LogP contribution is -2.28. The fraction of sp³-hybridized carbons (Fsp3) is 0.533. The highest BCUT2D eigenvalue weighted by Gasteiger charge is 2.49. The Morgan fingerprint density at radius 2 is 1.81 bits per heavy atom. The first-order chi connectivity index (χ1) is 12.1. The minimum Gasteiger partial charge on any atom is -0.489 e. The van der Waals surface area contributed by atoms with Gasteiger partial charge in [-0.15, -0.1) is 0 Å². The molecule has 0 fully saturated rings. The first-order valence-electron chi connectivity index (χ1n) is 7.62. The van der Waals surface area contributed by atoms with E-state index in [2.05, 4.69) is 4.18 Å². The third-order valence-electron chi connectivity index (χ3n) is 2.98. The number of benzene rings is 1. The number of unbranched alkanes of at least 4 members (excludes halogenated alkanes) is 1. The van der Waals surface area contributed by atoms with Crippen LogP contribution in [0, 0.1) is 0 Å². The van der Waals surface area contributed by atoms with Gasteiger partial charge >= 0.3 is 15.6 Å². The van der Waals surface area contributed by atoms with Crippen LogP contribution < -0.4 is 8.92 Å². The summed E-state index contributed by atoms with van der Waals surface area (Å²) in [4.78, 5) is 11.1. The summed E-state index contributed by atoms with van der Waals surface area (Å²) < 4.78 is 74.7. The van der Waals surface area contributed by atoms with Gasteiger partial charge in [-0.3, -0.25) is 4.79 Å². The summed E-state index contributed by atoms with van der Waals surface area (Å²) in [7, 11) is -5.97. The van der Waals surface area contributed by atoms with Crippen LogP contribution in [-0.2, 0) is 14.9 Å². The Labute approximate surface area is 154 Å². The van der Waals surface area contributed by atoms with Crippen molar-refractivity contribution in [3.63, 3.8) is 0 Å². The minimum absolute atomic E-state index is 0.00676. The second-order valence-electron chi connectivity index (χ2n) is 5.09. The van der Waals surface area contributed by atoms with Crippen molar-refractivity contribution >= 4 is 28.0 Å². The molecule has 0 N–H and O–H groups in total. The number of carbonyl (C=O) groups excluding carboxylic acids is 1. The third-order valence-corrected chi connectivity index (χ3v) is 4.16. The number of ether oxygens (including phenoxy) is 2. The van der Waals surface area contributed by atoms with Gasteiger partial charge in [-0.2, -0.15) is 21.6 Å². The average Bonchev–Trinajstić information content (AvgIpc) is 2.54. The summed E-state index contributed by atoms with van der Waals surface area (Å²) in [5.41, 5.74) is -6.14. The third kappa shape index (κ3) is 6.65. The molecule has 0 radical (unpaired) electrons. The maximum absolute atomic E-state index is 12.5. The lowest BCUT2D eigenvalue weighted by Gasteiger charge is -2.15. The van der Waals surface area contributed by atoms with Crippen LogP contribution in [0.25, 0.3) is 0 Å². The zero-order valence-electron chi connectivity index (χ0n) is 13.8. The van der Waals surface area contributed by atoms with E-state index in [1.165, 1.54) is 0 Å². The minimum atomic E-state index is -5.97. The van der Waals surface area contributed by atoms with Crippen molar-refractivity contribution in [2.75, 3.05) is 19.8 Å². The molecule has 0 bridgehead atoms. The maximum Gasteiger partial charge on any atom is 0.534 e. The van der Waals surface area contributed by atoms with Crippen molar-refractivity contribution in [2.45, 2.75) is 31.7 Å². The molecule has 11 heteroatoms. The van der Waals surface area contributed by atoms with Crippen LogP contribution in [0.4, 0.5) is 13.2 Å². The van der Waals surface area contributed by atoms with Crippen molar-refractivity contribution < 1.29 is 40.0 Å². The highest BCUT2D eigenvalue weighted by molar-refractivity contribution is 7.88. The second kappa shape index (κ2) is 9.98. The molecule has 1 aromatic rings. The Morgan fingerprint density at radius 1 is 1.15 bits per heavy atom. The summed E-state index contributed by atoms with van der Waals surface area (Å²) in [6.45, 7) is 2.92. The standard InChI is InChI=1S/C15H18ClF3O6S/c1-2-3-5-23-6-4-7-24-13-9-12(16)8-11(10-20)14(13)25-26(21,22)15(17,18)19/h8-10H,2-7H2,1H3. The van der Waals surface area contributed by atoms with Crippen LogP contribution in [0.15, 0.2) is 12.1 Å². The molecule has 1 rings (SSSR count). The van der Waals surface area contributed by atoms with Gasteiger partial charge in [-0.05, 0) is 12.5 Å². The molecule has 0 aliphatic rings. The zero-order chi connectivity index (χ0) is 19.8. The Hall–Kier alpha value is -1.52. The predicted octanol–water partition coefficient (Wildman–Crippen LogP) is 3.97. The Bertz CT molecular complexity index is 706. The van der Waals surface area contributed by atoms with Gasteiger partial charge in [0.1, 0.15) is 0 Å². The number of aldehydes is 1. The van der Waals surface area contributed by atoms with Crippen LogP contribution in [0.2, 0.25) is 5.02 Å². The molecule has 0 saturated heterocycles. The van der Waals surface area contributed by atoms with Gasteiger partial charge in [0.2, 0.25) is 0 Å². The fourth-order valence-electron chi connectivity index (χ4n) is 1.72. The highest BCUT2D eigenvalue weighted by Crippen LogP contribution is 2.37. The van der Waals surface area contributed by atoms with Gasteiger partial charge in [0.25, 0.3) is 0 Å². The Kier molecular flexibility index (Phi) is 8.65. The van der Waals surface area contributed by atoms with Crippen molar-refractivity contribution in [1.29, 1.82) is 0 Å². The zero-order valence-corrected chi connectivity index (χ0v) is 15.4. The normalized spacial score (nSPS) is 12.0. The Balaban J connectivity index is 2.90. The highest BCUT2D eigenvalue weighted by atomic mass is 35.5. The van der Waals surface area contributed by atoms with E-state index in [1.807, 2.05) is 6.92 Å². The molecule has 0 saturated carbocycles. The summed E-state index contributed by atoms with van der Waals surface area (Å²) in [5.74, 6) is -1.25. The lowest BCUT2D eigenvalue weighted by molar-refractivity contribution is -0.0500. The first kappa shape index (κ1) is 22.5. The molecule has 0 atom stereocenters.